The molecule has 0 aromatic heterocycles. The van der Waals surface area contributed by atoms with E-state index in [-0.39, 0.29) is 43.1 Å². The molecule has 1 amide bonds. The molecular formula is C19H35Cl3N4O. The number of unbranched alkanes of at least 4 members (excludes halogenated alkanes) is 1. The average Bonchev–Trinajstić information content (AvgIpc) is 2.63. The van der Waals surface area contributed by atoms with E-state index in [9.17, 15) is 4.79 Å². The van der Waals surface area contributed by atoms with Crippen molar-refractivity contribution in [2.75, 3.05) is 57.8 Å². The molecule has 2 rings (SSSR count). The quantitative estimate of drug-likeness (QED) is 0.548. The van der Waals surface area contributed by atoms with Crippen molar-refractivity contribution < 1.29 is 4.79 Å². The number of carbonyl (C=O) groups excluding carboxylic acids is 1. The third-order valence-corrected chi connectivity index (χ3v) is 4.55. The second-order valence-electron chi connectivity index (χ2n) is 6.43. The standard InChI is InChI=1S/C19H32N4O.3ClH/c1-20-11-7-10-19(24)21-12-5-6-13-22-14-16-23(17-15-22)18-8-3-2-4-9-18;;;/h2-4,8-9,20H,5-7,10-17H2,1H3,(H,21,24);3*1H. The van der Waals surface area contributed by atoms with E-state index >= 15 is 0 Å². The van der Waals surface area contributed by atoms with Gasteiger partial charge in [-0.3, -0.25) is 9.69 Å². The highest BCUT2D eigenvalue weighted by Gasteiger charge is 2.16. The molecule has 1 aromatic rings. The number of benzene rings is 1. The monoisotopic (exact) mass is 440 g/mol. The number of hydrogen-bond acceptors (Lipinski definition) is 4. The molecule has 0 saturated carbocycles. The summed E-state index contributed by atoms with van der Waals surface area (Å²) in [6, 6.07) is 10.7. The Labute approximate surface area is 182 Å². The van der Waals surface area contributed by atoms with Crippen LogP contribution in [0, 0.1) is 0 Å². The van der Waals surface area contributed by atoms with E-state index in [1.165, 1.54) is 5.69 Å². The fourth-order valence-corrected chi connectivity index (χ4v) is 3.07. The van der Waals surface area contributed by atoms with Crippen molar-refractivity contribution in [2.45, 2.75) is 25.7 Å². The van der Waals surface area contributed by atoms with Gasteiger partial charge in [-0.1, -0.05) is 18.2 Å². The SMILES string of the molecule is CNCCCC(=O)NCCCCN1CCN(c2ccccc2)CC1.Cl.Cl.Cl. The van der Waals surface area contributed by atoms with E-state index in [0.717, 1.165) is 65.1 Å². The van der Waals surface area contributed by atoms with Gasteiger partial charge in [-0.15, -0.1) is 37.2 Å². The van der Waals surface area contributed by atoms with Crippen LogP contribution < -0.4 is 15.5 Å². The number of para-hydroxylation sites is 1. The first-order valence-electron chi connectivity index (χ1n) is 9.23. The Morgan fingerprint density at radius 1 is 0.926 bits per heavy atom. The molecule has 0 aliphatic carbocycles. The zero-order valence-electron chi connectivity index (χ0n) is 16.2. The number of carbonyl (C=O) groups is 1. The van der Waals surface area contributed by atoms with Gasteiger partial charge in [-0.25, -0.2) is 0 Å². The predicted octanol–water partition coefficient (Wildman–Crippen LogP) is 2.97. The third kappa shape index (κ3) is 11.7. The molecule has 0 bridgehead atoms. The zero-order chi connectivity index (χ0) is 17.0. The van der Waals surface area contributed by atoms with Crippen LogP contribution in [-0.4, -0.2) is 63.7 Å². The molecule has 2 N–H and O–H groups in total. The highest BCUT2D eigenvalue weighted by molar-refractivity contribution is 5.86. The number of nitrogens with zero attached hydrogens (tertiary/aromatic N) is 2. The largest absolute Gasteiger partial charge is 0.369 e. The van der Waals surface area contributed by atoms with Gasteiger partial charge in [0.25, 0.3) is 0 Å². The second-order valence-corrected chi connectivity index (χ2v) is 6.43. The third-order valence-electron chi connectivity index (χ3n) is 4.55. The summed E-state index contributed by atoms with van der Waals surface area (Å²) in [6.45, 7) is 7.32. The summed E-state index contributed by atoms with van der Waals surface area (Å²) in [5.41, 5.74) is 1.33. The smallest absolute Gasteiger partial charge is 0.220 e. The molecule has 1 aliphatic heterocycles. The van der Waals surface area contributed by atoms with Crippen molar-refractivity contribution in [1.29, 1.82) is 0 Å². The van der Waals surface area contributed by atoms with E-state index in [1.54, 1.807) is 0 Å². The molecule has 1 fully saturated rings. The van der Waals surface area contributed by atoms with Crippen molar-refractivity contribution in [3.05, 3.63) is 30.3 Å². The molecule has 5 nitrogen and oxygen atoms in total. The van der Waals surface area contributed by atoms with Crippen molar-refractivity contribution in [3.8, 4) is 0 Å². The molecule has 0 atom stereocenters. The van der Waals surface area contributed by atoms with Crippen LogP contribution in [-0.2, 0) is 4.79 Å². The van der Waals surface area contributed by atoms with Crippen LogP contribution in [0.3, 0.4) is 0 Å². The van der Waals surface area contributed by atoms with E-state index in [0.29, 0.717) is 6.42 Å². The van der Waals surface area contributed by atoms with Crippen molar-refractivity contribution in [1.82, 2.24) is 15.5 Å². The molecule has 8 heteroatoms. The minimum atomic E-state index is 0. The Balaban J connectivity index is 0. The van der Waals surface area contributed by atoms with Gasteiger partial charge in [-0.05, 0) is 51.5 Å². The molecule has 1 aliphatic rings. The van der Waals surface area contributed by atoms with Gasteiger partial charge in [0.1, 0.15) is 0 Å². The molecule has 1 aromatic carbocycles. The number of nitrogens with one attached hydrogen (secondary N) is 2. The topological polar surface area (TPSA) is 47.6 Å². The molecule has 1 saturated heterocycles. The summed E-state index contributed by atoms with van der Waals surface area (Å²) in [7, 11) is 1.91. The maximum atomic E-state index is 11.6. The molecule has 158 valence electrons. The van der Waals surface area contributed by atoms with Crippen LogP contribution >= 0.6 is 37.2 Å². The Kier molecular flexibility index (Phi) is 18.3. The van der Waals surface area contributed by atoms with Crippen LogP contribution in [0.2, 0.25) is 0 Å². The lowest BCUT2D eigenvalue weighted by molar-refractivity contribution is -0.121. The predicted molar refractivity (Wildman–Crippen MR) is 122 cm³/mol. The Hall–Kier alpha value is -0.720. The van der Waals surface area contributed by atoms with Gasteiger partial charge in [0, 0.05) is 44.8 Å². The van der Waals surface area contributed by atoms with Gasteiger partial charge < -0.3 is 15.5 Å². The first kappa shape index (κ1) is 28.5. The average molecular weight is 442 g/mol. The number of piperazine rings is 1. The summed E-state index contributed by atoms with van der Waals surface area (Å²) in [5.74, 6) is 0.182. The summed E-state index contributed by atoms with van der Waals surface area (Å²) < 4.78 is 0. The normalized spacial score (nSPS) is 13.7. The first-order chi connectivity index (χ1) is 11.8. The van der Waals surface area contributed by atoms with Crippen LogP contribution in [0.1, 0.15) is 25.7 Å². The lowest BCUT2D eigenvalue weighted by atomic mass is 10.2. The van der Waals surface area contributed by atoms with E-state index in [4.69, 9.17) is 0 Å². The number of rotatable bonds is 10. The summed E-state index contributed by atoms with van der Waals surface area (Å²) in [6.07, 6.45) is 3.76. The fraction of sp³-hybridized carbons (Fsp3) is 0.632. The molecule has 0 spiro atoms. The number of amides is 1. The van der Waals surface area contributed by atoms with Crippen molar-refractivity contribution in [2.24, 2.45) is 0 Å². The van der Waals surface area contributed by atoms with Gasteiger partial charge in [0.15, 0.2) is 0 Å². The maximum Gasteiger partial charge on any atom is 0.220 e. The van der Waals surface area contributed by atoms with E-state index in [1.807, 2.05) is 7.05 Å². The van der Waals surface area contributed by atoms with E-state index in [2.05, 4.69) is 50.8 Å². The zero-order valence-corrected chi connectivity index (χ0v) is 18.6. The minimum absolute atomic E-state index is 0. The van der Waals surface area contributed by atoms with Crippen LogP contribution in [0.15, 0.2) is 30.3 Å². The van der Waals surface area contributed by atoms with Gasteiger partial charge in [-0.2, -0.15) is 0 Å². The van der Waals surface area contributed by atoms with Gasteiger partial charge in [0.2, 0.25) is 5.91 Å². The Morgan fingerprint density at radius 3 is 2.22 bits per heavy atom. The first-order valence-corrected chi connectivity index (χ1v) is 9.23. The fourth-order valence-electron chi connectivity index (χ4n) is 3.07. The molecule has 27 heavy (non-hydrogen) atoms. The molecule has 1 heterocycles. The van der Waals surface area contributed by atoms with Crippen LogP contribution in [0.25, 0.3) is 0 Å². The number of hydrogen-bond donors (Lipinski definition) is 2. The van der Waals surface area contributed by atoms with Gasteiger partial charge >= 0.3 is 0 Å². The molecular weight excluding hydrogens is 407 g/mol. The van der Waals surface area contributed by atoms with Crippen molar-refractivity contribution in [3.63, 3.8) is 0 Å². The minimum Gasteiger partial charge on any atom is -0.369 e. The van der Waals surface area contributed by atoms with E-state index < -0.39 is 0 Å². The lowest BCUT2D eigenvalue weighted by Crippen LogP contribution is -2.46. The van der Waals surface area contributed by atoms with Gasteiger partial charge in [0.05, 0.1) is 0 Å². The lowest BCUT2D eigenvalue weighted by Gasteiger charge is -2.36. The highest BCUT2D eigenvalue weighted by Crippen LogP contribution is 2.15. The highest BCUT2D eigenvalue weighted by atomic mass is 35.5. The Bertz CT molecular complexity index is 471. The number of halogens is 3. The summed E-state index contributed by atoms with van der Waals surface area (Å²) >= 11 is 0. The summed E-state index contributed by atoms with van der Waals surface area (Å²) in [4.78, 5) is 16.6. The number of anilines is 1. The molecule has 0 radical (unpaired) electrons. The maximum absolute atomic E-state index is 11.6. The van der Waals surface area contributed by atoms with Crippen LogP contribution in [0.4, 0.5) is 5.69 Å². The molecule has 0 unspecified atom stereocenters. The Morgan fingerprint density at radius 2 is 1.59 bits per heavy atom. The van der Waals surface area contributed by atoms with Crippen LogP contribution in [0.5, 0.6) is 0 Å². The van der Waals surface area contributed by atoms with Crippen molar-refractivity contribution >= 4 is 48.8 Å². The summed E-state index contributed by atoms with van der Waals surface area (Å²) in [5, 5.41) is 6.07. The second kappa shape index (κ2) is 17.4.